The zero-order valence-electron chi connectivity index (χ0n) is 51.3. The average molecular weight is 1070 g/mol. The monoisotopic (exact) mass is 1070 g/mol. The SMILES string of the molecule is CCCCC/C=C\C/C=C\CCCCCCCCCC(=O)OCCCCCCCCCCCCCC/C=C\CCCCCCCCCCCCCCCCCCCC(=O)NC(CO)C(O)CCCCCCCCCCC. The molecule has 0 spiro atoms. The zero-order valence-corrected chi connectivity index (χ0v) is 51.3. The lowest BCUT2D eigenvalue weighted by Gasteiger charge is -2.22. The van der Waals surface area contributed by atoms with E-state index in [-0.39, 0.29) is 18.5 Å². The molecule has 0 aliphatic rings. The fourth-order valence-electron chi connectivity index (χ4n) is 10.7. The number of nitrogens with one attached hydrogen (secondary N) is 1. The maximum absolute atomic E-state index is 12.4. The van der Waals surface area contributed by atoms with Crippen molar-refractivity contribution in [2.75, 3.05) is 13.2 Å². The molecular weight excluding hydrogens is 935 g/mol. The van der Waals surface area contributed by atoms with Crippen LogP contribution in [0.2, 0.25) is 0 Å². The standard InChI is InChI=1S/C70H133NO5/c1-3-5-7-9-11-13-14-15-16-34-38-41-44-48-52-56-60-64-70(75)76-65-61-57-53-49-45-42-39-36-33-31-29-27-25-23-21-19-17-18-20-22-24-26-28-30-32-35-37-40-43-47-51-55-59-63-69(74)71-67(66-72)68(73)62-58-54-50-46-12-10-8-6-4-2/h11,13,15-16,21,23,67-68,72-73H,3-10,12,14,17-20,22,24-66H2,1-2H3,(H,71,74)/b13-11-,16-15-,23-21-. The molecule has 3 N–H and O–H groups in total. The number of carbonyl (C=O) groups excluding carboxylic acids is 2. The van der Waals surface area contributed by atoms with Crippen molar-refractivity contribution < 1.29 is 24.5 Å². The lowest BCUT2D eigenvalue weighted by molar-refractivity contribution is -0.143. The second-order valence-electron chi connectivity index (χ2n) is 23.5. The highest BCUT2D eigenvalue weighted by molar-refractivity contribution is 5.76. The van der Waals surface area contributed by atoms with Gasteiger partial charge in [0.05, 0.1) is 25.4 Å². The molecule has 0 saturated carbocycles. The highest BCUT2D eigenvalue weighted by atomic mass is 16.5. The van der Waals surface area contributed by atoms with Crippen LogP contribution in [0.25, 0.3) is 0 Å². The summed E-state index contributed by atoms with van der Waals surface area (Å²) in [5.74, 6) is -0.0220. The first kappa shape index (κ1) is 74.1. The van der Waals surface area contributed by atoms with Gasteiger partial charge in [0.1, 0.15) is 0 Å². The molecule has 0 fully saturated rings. The molecule has 1 amide bonds. The molecule has 0 aliphatic heterocycles. The van der Waals surface area contributed by atoms with Crippen molar-refractivity contribution >= 4 is 11.9 Å². The Bertz CT molecular complexity index is 1230. The number of aliphatic hydroxyl groups is 2. The van der Waals surface area contributed by atoms with Crippen molar-refractivity contribution in [3.05, 3.63) is 36.5 Å². The Labute approximate surface area is 474 Å². The van der Waals surface area contributed by atoms with Crippen LogP contribution in [0.15, 0.2) is 36.5 Å². The van der Waals surface area contributed by atoms with E-state index in [1.54, 1.807) is 0 Å². The van der Waals surface area contributed by atoms with Crippen LogP contribution < -0.4 is 5.32 Å². The fourth-order valence-corrected chi connectivity index (χ4v) is 10.7. The molecule has 6 nitrogen and oxygen atoms in total. The molecule has 2 atom stereocenters. The normalized spacial score (nSPS) is 12.7. The predicted octanol–water partition coefficient (Wildman–Crippen LogP) is 21.9. The van der Waals surface area contributed by atoms with E-state index in [0.717, 1.165) is 51.4 Å². The van der Waals surface area contributed by atoms with Crippen LogP contribution in [-0.4, -0.2) is 47.4 Å². The van der Waals surface area contributed by atoms with Gasteiger partial charge in [-0.1, -0.05) is 314 Å². The first-order valence-electron chi connectivity index (χ1n) is 34.2. The molecule has 0 heterocycles. The Morgan fingerprint density at radius 3 is 1.04 bits per heavy atom. The summed E-state index contributed by atoms with van der Waals surface area (Å²) in [6, 6.07) is -0.537. The highest BCUT2D eigenvalue weighted by Crippen LogP contribution is 2.18. The topological polar surface area (TPSA) is 95.9 Å². The predicted molar refractivity (Wildman–Crippen MR) is 333 cm³/mol. The minimum Gasteiger partial charge on any atom is -0.466 e. The molecule has 0 rings (SSSR count). The summed E-state index contributed by atoms with van der Waals surface area (Å²) >= 11 is 0. The average Bonchev–Trinajstić information content (AvgIpc) is 3.42. The van der Waals surface area contributed by atoms with Gasteiger partial charge in [0.15, 0.2) is 0 Å². The van der Waals surface area contributed by atoms with Gasteiger partial charge < -0.3 is 20.3 Å². The second kappa shape index (κ2) is 65.6. The third kappa shape index (κ3) is 61.3. The van der Waals surface area contributed by atoms with Gasteiger partial charge in [-0.3, -0.25) is 9.59 Å². The molecule has 0 radical (unpaired) electrons. The van der Waals surface area contributed by atoms with Crippen LogP contribution >= 0.6 is 0 Å². The lowest BCUT2D eigenvalue weighted by atomic mass is 10.0. The maximum Gasteiger partial charge on any atom is 0.305 e. The van der Waals surface area contributed by atoms with E-state index >= 15 is 0 Å². The maximum atomic E-state index is 12.4. The number of esters is 1. The molecular formula is C70H133NO5. The molecule has 0 aliphatic carbocycles. The van der Waals surface area contributed by atoms with E-state index in [2.05, 4.69) is 55.6 Å². The Morgan fingerprint density at radius 2 is 0.658 bits per heavy atom. The molecule has 0 bridgehead atoms. The van der Waals surface area contributed by atoms with E-state index in [9.17, 15) is 19.8 Å². The van der Waals surface area contributed by atoms with E-state index in [4.69, 9.17) is 4.74 Å². The second-order valence-corrected chi connectivity index (χ2v) is 23.5. The number of rotatable bonds is 64. The third-order valence-electron chi connectivity index (χ3n) is 15.9. The number of ether oxygens (including phenoxy) is 1. The van der Waals surface area contributed by atoms with Crippen LogP contribution in [0.1, 0.15) is 373 Å². The van der Waals surface area contributed by atoms with E-state index in [1.165, 1.54) is 289 Å². The van der Waals surface area contributed by atoms with Crippen LogP contribution in [0.4, 0.5) is 0 Å². The van der Waals surface area contributed by atoms with Gasteiger partial charge in [0.2, 0.25) is 5.91 Å². The van der Waals surface area contributed by atoms with Crippen molar-refractivity contribution in [1.82, 2.24) is 5.32 Å². The minimum absolute atomic E-state index is 0.0110. The Balaban J connectivity index is 3.32. The summed E-state index contributed by atoms with van der Waals surface area (Å²) in [5, 5.41) is 23.1. The molecule has 0 saturated heterocycles. The molecule has 76 heavy (non-hydrogen) atoms. The van der Waals surface area contributed by atoms with Crippen molar-refractivity contribution in [2.45, 2.75) is 386 Å². The molecule has 0 aromatic rings. The van der Waals surface area contributed by atoms with Crippen LogP contribution in [0.5, 0.6) is 0 Å². The van der Waals surface area contributed by atoms with Gasteiger partial charge in [-0.05, 0) is 83.5 Å². The third-order valence-corrected chi connectivity index (χ3v) is 15.9. The summed E-state index contributed by atoms with van der Waals surface area (Å²) in [4.78, 5) is 24.5. The van der Waals surface area contributed by atoms with Crippen molar-refractivity contribution in [3.63, 3.8) is 0 Å². The number of hydrogen-bond donors (Lipinski definition) is 3. The van der Waals surface area contributed by atoms with E-state index in [1.807, 2.05) is 0 Å². The summed E-state index contributed by atoms with van der Waals surface area (Å²) in [6.45, 7) is 4.92. The van der Waals surface area contributed by atoms with Gasteiger partial charge in [0, 0.05) is 12.8 Å². The molecule has 0 aromatic heterocycles. The summed E-state index contributed by atoms with van der Waals surface area (Å²) in [6.07, 6.45) is 83.5. The molecule has 2 unspecified atom stereocenters. The number of amides is 1. The summed E-state index contributed by atoms with van der Waals surface area (Å²) in [7, 11) is 0. The van der Waals surface area contributed by atoms with Crippen molar-refractivity contribution in [1.29, 1.82) is 0 Å². The van der Waals surface area contributed by atoms with Gasteiger partial charge >= 0.3 is 5.97 Å². The van der Waals surface area contributed by atoms with Crippen LogP contribution in [0.3, 0.4) is 0 Å². The van der Waals surface area contributed by atoms with Crippen molar-refractivity contribution in [2.24, 2.45) is 0 Å². The van der Waals surface area contributed by atoms with E-state index in [0.29, 0.717) is 25.9 Å². The fraction of sp³-hybridized carbons (Fsp3) is 0.886. The zero-order chi connectivity index (χ0) is 55.0. The lowest BCUT2D eigenvalue weighted by Crippen LogP contribution is -2.45. The quantitative estimate of drug-likeness (QED) is 0.0320. The van der Waals surface area contributed by atoms with Crippen LogP contribution in [0, 0.1) is 0 Å². The minimum atomic E-state index is -0.659. The summed E-state index contributed by atoms with van der Waals surface area (Å²) in [5.41, 5.74) is 0. The number of aliphatic hydroxyl groups excluding tert-OH is 2. The van der Waals surface area contributed by atoms with Gasteiger partial charge in [-0.2, -0.15) is 0 Å². The Hall–Kier alpha value is -1.92. The molecule has 0 aromatic carbocycles. The number of allylic oxidation sites excluding steroid dienone is 6. The molecule has 6 heteroatoms. The Kier molecular flexibility index (Phi) is 63.9. The Morgan fingerprint density at radius 1 is 0.368 bits per heavy atom. The number of unbranched alkanes of at least 4 members (excludes halogenated alkanes) is 47. The van der Waals surface area contributed by atoms with Crippen LogP contribution in [-0.2, 0) is 14.3 Å². The van der Waals surface area contributed by atoms with E-state index < -0.39 is 12.1 Å². The highest BCUT2D eigenvalue weighted by Gasteiger charge is 2.20. The smallest absolute Gasteiger partial charge is 0.305 e. The molecule has 448 valence electrons. The first-order valence-corrected chi connectivity index (χ1v) is 34.2. The first-order chi connectivity index (χ1) is 37.5. The van der Waals surface area contributed by atoms with Gasteiger partial charge in [-0.25, -0.2) is 0 Å². The van der Waals surface area contributed by atoms with Crippen molar-refractivity contribution in [3.8, 4) is 0 Å². The summed E-state index contributed by atoms with van der Waals surface area (Å²) < 4.78 is 5.50. The van der Waals surface area contributed by atoms with Gasteiger partial charge in [0.25, 0.3) is 0 Å². The number of hydrogen-bond acceptors (Lipinski definition) is 5. The van der Waals surface area contributed by atoms with Gasteiger partial charge in [-0.15, -0.1) is 0 Å². The largest absolute Gasteiger partial charge is 0.466 e. The number of carbonyl (C=O) groups is 2.